The molecule has 0 aliphatic rings. The Balaban J connectivity index is 0. The number of hydrogen-bond acceptors (Lipinski definition) is 1. The molecule has 0 N–H and O–H groups in total. The fourth-order valence-corrected chi connectivity index (χ4v) is 0.994. The second-order valence-corrected chi connectivity index (χ2v) is 3.73. The number of Topliss-reactive ketones (excluding diaryl/α,β-unsaturated/α-hetero) is 1. The van der Waals surface area contributed by atoms with Crippen LogP contribution in [-0.2, 0) is 4.79 Å². The van der Waals surface area contributed by atoms with Crippen molar-refractivity contribution in [1.29, 1.82) is 0 Å². The van der Waals surface area contributed by atoms with Gasteiger partial charge >= 0.3 is 0 Å². The van der Waals surface area contributed by atoms with E-state index >= 15 is 0 Å². The highest BCUT2D eigenvalue weighted by Crippen LogP contribution is 2.07. The lowest BCUT2D eigenvalue weighted by Crippen LogP contribution is -2.05. The zero-order valence-electron chi connectivity index (χ0n) is 7.48. The maximum atomic E-state index is 11.1. The van der Waals surface area contributed by atoms with Crippen LogP contribution in [0.5, 0.6) is 0 Å². The Kier molecular flexibility index (Phi) is 7.70. The van der Waals surface area contributed by atoms with Gasteiger partial charge in [-0.3, -0.25) is 4.79 Å². The van der Waals surface area contributed by atoms with Crippen molar-refractivity contribution in [3.8, 4) is 0 Å². The molecular weight excluding hydrogens is 136 g/mol. The molecule has 0 atom stereocenters. The van der Waals surface area contributed by atoms with Crippen molar-refractivity contribution in [2.75, 3.05) is 0 Å². The second-order valence-electron chi connectivity index (χ2n) is 3.73. The van der Waals surface area contributed by atoms with Crippen molar-refractivity contribution in [1.82, 2.24) is 0 Å². The van der Waals surface area contributed by atoms with Crippen LogP contribution in [0.1, 0.15) is 48.0 Å². The Labute approximate surface area is 71.2 Å². The summed E-state index contributed by atoms with van der Waals surface area (Å²) in [5.74, 6) is 1.45. The summed E-state index contributed by atoms with van der Waals surface area (Å²) in [6, 6.07) is 0. The molecule has 0 saturated carbocycles. The Morgan fingerprint density at radius 3 is 1.45 bits per heavy atom. The molecule has 0 heterocycles. The third-order valence-electron chi connectivity index (χ3n) is 1.27. The molecule has 1 nitrogen and oxygen atoms in total. The molecule has 0 radical (unpaired) electrons. The van der Waals surface area contributed by atoms with Crippen molar-refractivity contribution in [3.05, 3.63) is 0 Å². The lowest BCUT2D eigenvalue weighted by Gasteiger charge is -2.05. The maximum Gasteiger partial charge on any atom is 0.133 e. The van der Waals surface area contributed by atoms with Gasteiger partial charge in [0.2, 0.25) is 0 Å². The Bertz CT molecular complexity index is 91.4. The summed E-state index contributed by atoms with van der Waals surface area (Å²) in [7, 11) is 0. The molecule has 0 aliphatic heterocycles. The van der Waals surface area contributed by atoms with Gasteiger partial charge in [0.15, 0.2) is 0 Å². The van der Waals surface area contributed by atoms with Gasteiger partial charge in [0.1, 0.15) is 5.78 Å². The smallest absolute Gasteiger partial charge is 0.133 e. The first kappa shape index (κ1) is 13.3. The SMILES string of the molecule is C.CC(C)CC(=O)CC(C)C. The zero-order valence-corrected chi connectivity index (χ0v) is 7.48. The highest BCUT2D eigenvalue weighted by molar-refractivity contribution is 5.78. The molecule has 0 amide bonds. The molecule has 1 heteroatoms. The van der Waals surface area contributed by atoms with Crippen molar-refractivity contribution < 1.29 is 4.79 Å². The molecule has 0 fully saturated rings. The molecule has 0 spiro atoms. The van der Waals surface area contributed by atoms with Gasteiger partial charge in [-0.05, 0) is 11.8 Å². The van der Waals surface area contributed by atoms with E-state index in [4.69, 9.17) is 0 Å². The lowest BCUT2D eigenvalue weighted by molar-refractivity contribution is -0.120. The predicted molar refractivity (Wildman–Crippen MR) is 50.6 cm³/mol. The van der Waals surface area contributed by atoms with Gasteiger partial charge in [-0.2, -0.15) is 0 Å². The van der Waals surface area contributed by atoms with E-state index in [1.54, 1.807) is 0 Å². The van der Waals surface area contributed by atoms with Crippen LogP contribution in [0.3, 0.4) is 0 Å². The Hall–Kier alpha value is -0.330. The average molecular weight is 158 g/mol. The van der Waals surface area contributed by atoms with Crippen LogP contribution >= 0.6 is 0 Å². The number of ketones is 1. The average Bonchev–Trinajstić information content (AvgIpc) is 1.58. The zero-order chi connectivity index (χ0) is 8.15. The first-order chi connectivity index (χ1) is 4.52. The minimum Gasteiger partial charge on any atom is -0.300 e. The summed E-state index contributed by atoms with van der Waals surface area (Å²) in [5, 5.41) is 0. The van der Waals surface area contributed by atoms with Crippen molar-refractivity contribution in [3.63, 3.8) is 0 Å². The van der Waals surface area contributed by atoms with Gasteiger partial charge in [0.05, 0.1) is 0 Å². The van der Waals surface area contributed by atoms with Crippen molar-refractivity contribution >= 4 is 5.78 Å². The number of rotatable bonds is 4. The van der Waals surface area contributed by atoms with Gasteiger partial charge in [-0.15, -0.1) is 0 Å². The van der Waals surface area contributed by atoms with E-state index in [9.17, 15) is 4.79 Å². The lowest BCUT2D eigenvalue weighted by atomic mass is 10.00. The fourth-order valence-electron chi connectivity index (χ4n) is 0.994. The third kappa shape index (κ3) is 9.67. The van der Waals surface area contributed by atoms with E-state index in [0.29, 0.717) is 17.6 Å². The highest BCUT2D eigenvalue weighted by Gasteiger charge is 2.06. The number of hydrogen-bond donors (Lipinski definition) is 0. The normalized spacial score (nSPS) is 10.0. The summed E-state index contributed by atoms with van der Waals surface area (Å²) in [6.45, 7) is 8.33. The standard InChI is InChI=1S/C9H18O.CH4/c1-7(2)5-9(10)6-8(3)4;/h7-8H,5-6H2,1-4H3;1H4. The van der Waals surface area contributed by atoms with E-state index in [1.165, 1.54) is 0 Å². The first-order valence-corrected chi connectivity index (χ1v) is 4.04. The molecule has 0 aromatic rings. The van der Waals surface area contributed by atoms with Crippen LogP contribution in [0.15, 0.2) is 0 Å². The quantitative estimate of drug-likeness (QED) is 0.613. The van der Waals surface area contributed by atoms with E-state index in [1.807, 2.05) is 0 Å². The van der Waals surface area contributed by atoms with Gasteiger partial charge in [0.25, 0.3) is 0 Å². The van der Waals surface area contributed by atoms with Crippen LogP contribution in [0.25, 0.3) is 0 Å². The van der Waals surface area contributed by atoms with Crippen LogP contribution in [0.4, 0.5) is 0 Å². The molecule has 68 valence electrons. The van der Waals surface area contributed by atoms with E-state index in [2.05, 4.69) is 27.7 Å². The molecule has 0 aromatic carbocycles. The summed E-state index contributed by atoms with van der Waals surface area (Å²) in [4.78, 5) is 11.1. The molecule has 0 aromatic heterocycles. The molecule has 0 rings (SSSR count). The van der Waals surface area contributed by atoms with Crippen molar-refractivity contribution in [2.45, 2.75) is 48.0 Å². The molecule has 0 saturated heterocycles. The fraction of sp³-hybridized carbons (Fsp3) is 0.900. The highest BCUT2D eigenvalue weighted by atomic mass is 16.1. The van der Waals surface area contributed by atoms with Crippen LogP contribution in [0, 0.1) is 11.8 Å². The molecule has 11 heavy (non-hydrogen) atoms. The minimum absolute atomic E-state index is 0. The van der Waals surface area contributed by atoms with E-state index < -0.39 is 0 Å². The van der Waals surface area contributed by atoms with Crippen LogP contribution < -0.4 is 0 Å². The Morgan fingerprint density at radius 2 is 1.27 bits per heavy atom. The summed E-state index contributed by atoms with van der Waals surface area (Å²) < 4.78 is 0. The third-order valence-corrected chi connectivity index (χ3v) is 1.27. The van der Waals surface area contributed by atoms with E-state index in [0.717, 1.165) is 12.8 Å². The largest absolute Gasteiger partial charge is 0.300 e. The number of carbonyl (C=O) groups excluding carboxylic acids is 1. The Morgan fingerprint density at radius 1 is 1.00 bits per heavy atom. The van der Waals surface area contributed by atoms with Gasteiger partial charge in [-0.25, -0.2) is 0 Å². The molecule has 0 unspecified atom stereocenters. The summed E-state index contributed by atoms with van der Waals surface area (Å²) >= 11 is 0. The minimum atomic E-state index is 0. The van der Waals surface area contributed by atoms with Gasteiger partial charge < -0.3 is 0 Å². The monoisotopic (exact) mass is 158 g/mol. The topological polar surface area (TPSA) is 17.1 Å². The first-order valence-electron chi connectivity index (χ1n) is 4.04. The molecule has 0 aliphatic carbocycles. The predicted octanol–water partition coefficient (Wildman–Crippen LogP) is 3.28. The van der Waals surface area contributed by atoms with Crippen LogP contribution in [0.2, 0.25) is 0 Å². The molecule has 0 bridgehead atoms. The van der Waals surface area contributed by atoms with Gasteiger partial charge in [0, 0.05) is 12.8 Å². The maximum absolute atomic E-state index is 11.1. The number of carbonyl (C=O) groups is 1. The van der Waals surface area contributed by atoms with Crippen LogP contribution in [-0.4, -0.2) is 5.78 Å². The molecular formula is C10H22O. The summed E-state index contributed by atoms with van der Waals surface area (Å²) in [6.07, 6.45) is 1.50. The van der Waals surface area contributed by atoms with Gasteiger partial charge in [-0.1, -0.05) is 35.1 Å². The second kappa shape index (κ2) is 6.38. The van der Waals surface area contributed by atoms with E-state index in [-0.39, 0.29) is 7.43 Å². The summed E-state index contributed by atoms with van der Waals surface area (Å²) in [5.41, 5.74) is 0. The van der Waals surface area contributed by atoms with Crippen molar-refractivity contribution in [2.24, 2.45) is 11.8 Å².